The maximum absolute atomic E-state index is 12.4. The maximum Gasteiger partial charge on any atom is 0.264 e. The largest absolute Gasteiger partial charge is 0.322 e. The minimum Gasteiger partial charge on any atom is -0.322 e. The average molecular weight is 447 g/mol. The van der Waals surface area contributed by atoms with Crippen LogP contribution >= 0.6 is 0 Å². The molecule has 0 unspecified atom stereocenters. The zero-order valence-electron chi connectivity index (χ0n) is 15.6. The van der Waals surface area contributed by atoms with Gasteiger partial charge in [0.25, 0.3) is 15.9 Å². The van der Waals surface area contributed by atoms with E-state index in [1.807, 2.05) is 0 Å². The summed E-state index contributed by atoms with van der Waals surface area (Å²) in [6.45, 7) is 0. The Kier molecular flexibility index (Phi) is 5.99. The number of carbonyl (C=O) groups excluding carboxylic acids is 1. The molecular weight excluding hydrogens is 430 g/mol. The summed E-state index contributed by atoms with van der Waals surface area (Å²) in [5, 5.41) is 2.64. The van der Waals surface area contributed by atoms with Crippen LogP contribution in [0.5, 0.6) is 0 Å². The van der Waals surface area contributed by atoms with Crippen LogP contribution in [0.1, 0.15) is 10.4 Å². The first-order valence-electron chi connectivity index (χ1n) is 8.41. The van der Waals surface area contributed by atoms with Crippen molar-refractivity contribution in [2.45, 2.75) is 4.90 Å². The molecule has 30 heavy (non-hydrogen) atoms. The van der Waals surface area contributed by atoms with Gasteiger partial charge in [-0.3, -0.25) is 9.52 Å². The molecule has 3 rings (SSSR count). The van der Waals surface area contributed by atoms with E-state index in [0.29, 0.717) is 16.9 Å². The van der Waals surface area contributed by atoms with Crippen LogP contribution in [-0.2, 0) is 20.0 Å². The number of anilines is 3. The Morgan fingerprint density at radius 2 is 1.37 bits per heavy atom. The lowest BCUT2D eigenvalue weighted by atomic mass is 10.2. The van der Waals surface area contributed by atoms with Crippen LogP contribution < -0.4 is 14.8 Å². The molecule has 3 N–H and O–H groups in total. The van der Waals surface area contributed by atoms with E-state index in [1.165, 1.54) is 60.9 Å². The lowest BCUT2D eigenvalue weighted by Crippen LogP contribution is -2.15. The van der Waals surface area contributed by atoms with Gasteiger partial charge in [-0.05, 0) is 54.6 Å². The molecule has 3 aromatic rings. The third kappa shape index (κ3) is 5.75. The summed E-state index contributed by atoms with van der Waals surface area (Å²) in [6, 6.07) is 13.0. The number of aromatic nitrogens is 2. The van der Waals surface area contributed by atoms with Crippen molar-refractivity contribution in [1.82, 2.24) is 9.97 Å². The zero-order chi connectivity index (χ0) is 21.8. The molecule has 0 aliphatic carbocycles. The van der Waals surface area contributed by atoms with Gasteiger partial charge in [-0.25, -0.2) is 31.5 Å². The second-order valence-corrected chi connectivity index (χ2v) is 9.54. The number of hydrogen-bond donors (Lipinski definition) is 3. The van der Waals surface area contributed by atoms with Crippen molar-refractivity contribution in [3.63, 3.8) is 0 Å². The van der Waals surface area contributed by atoms with Crippen LogP contribution in [0, 0.1) is 0 Å². The van der Waals surface area contributed by atoms with Crippen molar-refractivity contribution in [2.24, 2.45) is 0 Å². The van der Waals surface area contributed by atoms with E-state index in [9.17, 15) is 21.6 Å². The molecule has 0 aliphatic heterocycles. The Morgan fingerprint density at radius 1 is 0.800 bits per heavy atom. The molecule has 2 aromatic carbocycles. The van der Waals surface area contributed by atoms with Crippen LogP contribution in [0.2, 0.25) is 0 Å². The lowest BCUT2D eigenvalue weighted by Gasteiger charge is -2.09. The van der Waals surface area contributed by atoms with Crippen molar-refractivity contribution in [3.8, 4) is 0 Å². The molecule has 0 fully saturated rings. The standard InChI is InChI=1S/C18H17N5O5S2/c1-29(25,26)22-15-5-3-13(4-6-15)17(24)21-14-7-9-16(10-8-14)30(27,28)23-18-19-11-2-12-20-18/h2-12,22H,1H3,(H,21,24)(H,19,20,23). The molecule has 0 saturated heterocycles. The molecular formula is C18H17N5O5S2. The third-order valence-electron chi connectivity index (χ3n) is 3.66. The molecule has 1 heterocycles. The van der Waals surface area contributed by atoms with Crippen molar-refractivity contribution in [2.75, 3.05) is 21.0 Å². The predicted octanol–water partition coefficient (Wildman–Crippen LogP) is 1.90. The molecule has 1 aromatic heterocycles. The van der Waals surface area contributed by atoms with Gasteiger partial charge in [0, 0.05) is 29.3 Å². The molecule has 0 radical (unpaired) electrons. The zero-order valence-corrected chi connectivity index (χ0v) is 17.2. The van der Waals surface area contributed by atoms with E-state index >= 15 is 0 Å². The quantitative estimate of drug-likeness (QED) is 0.501. The smallest absolute Gasteiger partial charge is 0.264 e. The molecule has 0 spiro atoms. The SMILES string of the molecule is CS(=O)(=O)Nc1ccc(C(=O)Nc2ccc(S(=O)(=O)Nc3ncccn3)cc2)cc1. The number of nitrogens with one attached hydrogen (secondary N) is 3. The third-order valence-corrected chi connectivity index (χ3v) is 5.61. The Bertz CT molecular complexity index is 1240. The first-order valence-corrected chi connectivity index (χ1v) is 11.8. The topological polar surface area (TPSA) is 147 Å². The van der Waals surface area contributed by atoms with Gasteiger partial charge in [-0.2, -0.15) is 0 Å². The first kappa shape index (κ1) is 21.2. The van der Waals surface area contributed by atoms with E-state index in [2.05, 4.69) is 24.7 Å². The number of amides is 1. The number of carbonyl (C=O) groups is 1. The highest BCUT2D eigenvalue weighted by Crippen LogP contribution is 2.18. The van der Waals surface area contributed by atoms with Crippen LogP contribution in [0.4, 0.5) is 17.3 Å². The highest BCUT2D eigenvalue weighted by molar-refractivity contribution is 7.92. The second kappa shape index (κ2) is 8.47. The summed E-state index contributed by atoms with van der Waals surface area (Å²) in [5.41, 5.74) is 1.01. The van der Waals surface area contributed by atoms with Crippen LogP contribution in [0.15, 0.2) is 71.9 Å². The Balaban J connectivity index is 1.67. The van der Waals surface area contributed by atoms with E-state index in [0.717, 1.165) is 6.26 Å². The molecule has 1 amide bonds. The van der Waals surface area contributed by atoms with Crippen molar-refractivity contribution in [1.29, 1.82) is 0 Å². The van der Waals surface area contributed by atoms with E-state index in [-0.39, 0.29) is 10.8 Å². The number of hydrogen-bond acceptors (Lipinski definition) is 7. The summed E-state index contributed by atoms with van der Waals surface area (Å²) in [4.78, 5) is 19.9. The predicted molar refractivity (Wildman–Crippen MR) is 112 cm³/mol. The fraction of sp³-hybridized carbons (Fsp3) is 0.0556. The molecule has 0 atom stereocenters. The van der Waals surface area contributed by atoms with Gasteiger partial charge < -0.3 is 5.32 Å². The van der Waals surface area contributed by atoms with Gasteiger partial charge in [-0.15, -0.1) is 0 Å². The Hall–Kier alpha value is -3.51. The van der Waals surface area contributed by atoms with Crippen LogP contribution in [0.25, 0.3) is 0 Å². The number of rotatable bonds is 7. The number of nitrogens with zero attached hydrogens (tertiary/aromatic N) is 2. The Morgan fingerprint density at radius 3 is 1.93 bits per heavy atom. The van der Waals surface area contributed by atoms with Gasteiger partial charge >= 0.3 is 0 Å². The molecule has 0 bridgehead atoms. The van der Waals surface area contributed by atoms with Gasteiger partial charge in [0.15, 0.2) is 0 Å². The van der Waals surface area contributed by atoms with Crippen molar-refractivity contribution in [3.05, 3.63) is 72.6 Å². The summed E-state index contributed by atoms with van der Waals surface area (Å²) in [6.07, 6.45) is 3.85. The molecule has 12 heteroatoms. The van der Waals surface area contributed by atoms with Gasteiger partial charge in [0.1, 0.15) is 0 Å². The lowest BCUT2D eigenvalue weighted by molar-refractivity contribution is 0.102. The fourth-order valence-electron chi connectivity index (χ4n) is 2.36. The van der Waals surface area contributed by atoms with E-state index in [4.69, 9.17) is 0 Å². The number of benzene rings is 2. The second-order valence-electron chi connectivity index (χ2n) is 6.11. The highest BCUT2D eigenvalue weighted by Gasteiger charge is 2.16. The Labute approximate surface area is 173 Å². The van der Waals surface area contributed by atoms with Crippen molar-refractivity contribution < 1.29 is 21.6 Å². The molecule has 0 saturated carbocycles. The normalized spacial score (nSPS) is 11.5. The highest BCUT2D eigenvalue weighted by atomic mass is 32.2. The number of sulfonamides is 2. The van der Waals surface area contributed by atoms with Gasteiger partial charge in [0.2, 0.25) is 16.0 Å². The minimum atomic E-state index is -3.87. The van der Waals surface area contributed by atoms with Crippen LogP contribution in [0.3, 0.4) is 0 Å². The molecule has 10 nitrogen and oxygen atoms in total. The summed E-state index contributed by atoms with van der Waals surface area (Å²) in [7, 11) is -7.28. The summed E-state index contributed by atoms with van der Waals surface area (Å²) in [5.74, 6) is -0.490. The summed E-state index contributed by atoms with van der Waals surface area (Å²) >= 11 is 0. The molecule has 156 valence electrons. The van der Waals surface area contributed by atoms with Crippen molar-refractivity contribution >= 4 is 43.3 Å². The van der Waals surface area contributed by atoms with Crippen LogP contribution in [-0.4, -0.2) is 39.0 Å². The average Bonchev–Trinajstić information content (AvgIpc) is 2.68. The first-order chi connectivity index (χ1) is 14.1. The minimum absolute atomic E-state index is 0.0239. The maximum atomic E-state index is 12.4. The van der Waals surface area contributed by atoms with Gasteiger partial charge in [-0.1, -0.05) is 0 Å². The van der Waals surface area contributed by atoms with E-state index in [1.54, 1.807) is 6.07 Å². The van der Waals surface area contributed by atoms with Gasteiger partial charge in [0.05, 0.1) is 11.2 Å². The fourth-order valence-corrected chi connectivity index (χ4v) is 3.88. The van der Waals surface area contributed by atoms with E-state index < -0.39 is 26.0 Å². The monoisotopic (exact) mass is 447 g/mol. The summed E-state index contributed by atoms with van der Waals surface area (Å²) < 4.78 is 51.7. The molecule has 0 aliphatic rings.